The number of benzene rings is 1. The Balaban J connectivity index is 2.38. The van der Waals surface area contributed by atoms with Gasteiger partial charge in [-0.25, -0.2) is 4.98 Å². The molecule has 1 heterocycles. The second kappa shape index (κ2) is 7.93. The molecule has 2 aromatic rings. The first-order valence-corrected chi connectivity index (χ1v) is 7.02. The van der Waals surface area contributed by atoms with Crippen molar-refractivity contribution in [1.82, 2.24) is 4.98 Å². The van der Waals surface area contributed by atoms with Gasteiger partial charge in [0.1, 0.15) is 5.82 Å². The van der Waals surface area contributed by atoms with E-state index in [0.717, 1.165) is 22.3 Å². The number of aromatic nitrogens is 1. The smallest absolute Gasteiger partial charge is 0.134 e. The fraction of sp³-hybridized carbons (Fsp3) is 0.438. The lowest BCUT2D eigenvalue weighted by Gasteiger charge is -2.25. The van der Waals surface area contributed by atoms with Gasteiger partial charge >= 0.3 is 0 Å². The Bertz CT molecular complexity index is 566. The number of anilines is 1. The molecular weight excluding hydrogens is 268 g/mol. The molecule has 0 aliphatic carbocycles. The molecule has 0 spiro atoms. The standard InChI is InChI=1S/C16H22N2O3/c1-20-9-7-18(8-10-21-2)16-14(12-19)11-13-5-3-4-6-15(13)17-16/h3-6,11,19H,7-10,12H2,1-2H3. The monoisotopic (exact) mass is 290 g/mol. The second-order valence-electron chi connectivity index (χ2n) is 4.79. The summed E-state index contributed by atoms with van der Waals surface area (Å²) >= 11 is 0. The van der Waals surface area contributed by atoms with Crippen molar-refractivity contribution in [2.45, 2.75) is 6.61 Å². The minimum absolute atomic E-state index is 0.0381. The molecule has 0 saturated carbocycles. The molecule has 0 fully saturated rings. The fourth-order valence-electron chi connectivity index (χ4n) is 2.27. The third-order valence-corrected chi connectivity index (χ3v) is 3.38. The van der Waals surface area contributed by atoms with Crippen molar-refractivity contribution in [1.29, 1.82) is 0 Å². The molecule has 0 unspecified atom stereocenters. The maximum atomic E-state index is 9.65. The van der Waals surface area contributed by atoms with E-state index >= 15 is 0 Å². The molecule has 0 aliphatic rings. The van der Waals surface area contributed by atoms with E-state index in [0.29, 0.717) is 26.3 Å². The van der Waals surface area contributed by atoms with Crippen molar-refractivity contribution in [3.05, 3.63) is 35.9 Å². The molecule has 2 rings (SSSR count). The lowest BCUT2D eigenvalue weighted by Crippen LogP contribution is -2.32. The minimum atomic E-state index is -0.0381. The van der Waals surface area contributed by atoms with Crippen LogP contribution in [0.5, 0.6) is 0 Å². The van der Waals surface area contributed by atoms with Crippen LogP contribution in [0.3, 0.4) is 0 Å². The molecule has 0 bridgehead atoms. The quantitative estimate of drug-likeness (QED) is 0.804. The van der Waals surface area contributed by atoms with Gasteiger partial charge in [0.2, 0.25) is 0 Å². The molecule has 5 heteroatoms. The summed E-state index contributed by atoms with van der Waals surface area (Å²) in [4.78, 5) is 6.80. The summed E-state index contributed by atoms with van der Waals surface area (Å²) in [6.07, 6.45) is 0. The van der Waals surface area contributed by atoms with Crippen LogP contribution in [-0.4, -0.2) is 50.6 Å². The van der Waals surface area contributed by atoms with Gasteiger partial charge in [0.05, 0.1) is 25.3 Å². The maximum absolute atomic E-state index is 9.65. The van der Waals surface area contributed by atoms with Gasteiger partial charge in [-0.1, -0.05) is 18.2 Å². The zero-order valence-electron chi connectivity index (χ0n) is 12.6. The average Bonchev–Trinajstić information content (AvgIpc) is 2.54. The van der Waals surface area contributed by atoms with Gasteiger partial charge in [0.15, 0.2) is 0 Å². The molecule has 1 aromatic heterocycles. The molecule has 5 nitrogen and oxygen atoms in total. The van der Waals surface area contributed by atoms with E-state index in [9.17, 15) is 5.11 Å². The van der Waals surface area contributed by atoms with E-state index in [4.69, 9.17) is 14.5 Å². The highest BCUT2D eigenvalue weighted by Gasteiger charge is 2.14. The van der Waals surface area contributed by atoms with Crippen LogP contribution in [0.1, 0.15) is 5.56 Å². The number of hydrogen-bond donors (Lipinski definition) is 1. The van der Waals surface area contributed by atoms with Crippen molar-refractivity contribution in [3.8, 4) is 0 Å². The molecule has 0 saturated heterocycles. The number of aliphatic hydroxyl groups excluding tert-OH is 1. The second-order valence-corrected chi connectivity index (χ2v) is 4.79. The van der Waals surface area contributed by atoms with E-state index in [2.05, 4.69) is 4.90 Å². The Kier molecular flexibility index (Phi) is 5.92. The minimum Gasteiger partial charge on any atom is -0.392 e. The normalized spacial score (nSPS) is 11.0. The Morgan fingerprint density at radius 2 is 1.76 bits per heavy atom. The number of methoxy groups -OCH3 is 2. The first-order valence-electron chi connectivity index (χ1n) is 7.02. The number of rotatable bonds is 8. The van der Waals surface area contributed by atoms with Gasteiger partial charge in [-0.15, -0.1) is 0 Å². The molecule has 0 atom stereocenters. The maximum Gasteiger partial charge on any atom is 0.134 e. The van der Waals surface area contributed by atoms with Gasteiger partial charge in [-0.2, -0.15) is 0 Å². The highest BCUT2D eigenvalue weighted by Crippen LogP contribution is 2.23. The van der Waals surface area contributed by atoms with Crippen LogP contribution in [0.15, 0.2) is 30.3 Å². The van der Waals surface area contributed by atoms with Gasteiger partial charge in [0.25, 0.3) is 0 Å². The van der Waals surface area contributed by atoms with Crippen molar-refractivity contribution < 1.29 is 14.6 Å². The number of pyridine rings is 1. The van der Waals surface area contributed by atoms with E-state index in [1.165, 1.54) is 0 Å². The highest BCUT2D eigenvalue weighted by molar-refractivity contribution is 5.81. The van der Waals surface area contributed by atoms with Crippen LogP contribution in [0.4, 0.5) is 5.82 Å². The van der Waals surface area contributed by atoms with E-state index in [1.807, 2.05) is 30.3 Å². The topological polar surface area (TPSA) is 54.8 Å². The molecule has 114 valence electrons. The van der Waals surface area contributed by atoms with E-state index in [-0.39, 0.29) is 6.61 Å². The summed E-state index contributed by atoms with van der Waals surface area (Å²) in [6.45, 7) is 2.58. The van der Waals surface area contributed by atoms with Crippen LogP contribution in [0.25, 0.3) is 10.9 Å². The molecular formula is C16H22N2O3. The number of nitrogens with zero attached hydrogens (tertiary/aromatic N) is 2. The molecule has 0 amide bonds. The van der Waals surface area contributed by atoms with Crippen molar-refractivity contribution in [2.75, 3.05) is 45.4 Å². The van der Waals surface area contributed by atoms with Gasteiger partial charge in [-0.3, -0.25) is 0 Å². The Hall–Kier alpha value is -1.69. The highest BCUT2D eigenvalue weighted by atomic mass is 16.5. The van der Waals surface area contributed by atoms with E-state index in [1.54, 1.807) is 14.2 Å². The summed E-state index contributed by atoms with van der Waals surface area (Å²) in [5, 5.41) is 10.7. The largest absolute Gasteiger partial charge is 0.392 e. The Morgan fingerprint density at radius 3 is 2.38 bits per heavy atom. The van der Waals surface area contributed by atoms with Crippen LogP contribution >= 0.6 is 0 Å². The summed E-state index contributed by atoms with van der Waals surface area (Å²) in [6, 6.07) is 9.90. The zero-order chi connectivity index (χ0) is 15.1. The summed E-state index contributed by atoms with van der Waals surface area (Å²) < 4.78 is 10.3. The fourth-order valence-corrected chi connectivity index (χ4v) is 2.27. The summed E-state index contributed by atoms with van der Waals surface area (Å²) in [5.74, 6) is 0.797. The predicted molar refractivity (Wildman–Crippen MR) is 83.6 cm³/mol. The van der Waals surface area contributed by atoms with Crippen molar-refractivity contribution in [2.24, 2.45) is 0 Å². The first-order chi connectivity index (χ1) is 10.3. The third-order valence-electron chi connectivity index (χ3n) is 3.38. The number of para-hydroxylation sites is 1. The SMILES string of the molecule is COCCN(CCOC)c1nc2ccccc2cc1CO. The molecule has 1 aromatic carbocycles. The van der Waals surface area contributed by atoms with Gasteiger partial charge in [-0.05, 0) is 12.1 Å². The van der Waals surface area contributed by atoms with Gasteiger partial charge < -0.3 is 19.5 Å². The van der Waals surface area contributed by atoms with Crippen LogP contribution in [0, 0.1) is 0 Å². The summed E-state index contributed by atoms with van der Waals surface area (Å²) in [5.41, 5.74) is 1.74. The van der Waals surface area contributed by atoms with Crippen LogP contribution in [0.2, 0.25) is 0 Å². The Labute approximate surface area is 125 Å². The molecule has 0 aliphatic heterocycles. The number of hydrogen-bond acceptors (Lipinski definition) is 5. The third kappa shape index (κ3) is 3.91. The van der Waals surface area contributed by atoms with Crippen molar-refractivity contribution in [3.63, 3.8) is 0 Å². The van der Waals surface area contributed by atoms with Gasteiger partial charge in [0, 0.05) is 38.3 Å². The lowest BCUT2D eigenvalue weighted by atomic mass is 10.1. The number of fused-ring (bicyclic) bond motifs is 1. The molecule has 1 N–H and O–H groups in total. The number of ether oxygens (including phenoxy) is 2. The average molecular weight is 290 g/mol. The number of aliphatic hydroxyl groups is 1. The molecule has 0 radical (unpaired) electrons. The van der Waals surface area contributed by atoms with Crippen LogP contribution in [-0.2, 0) is 16.1 Å². The first kappa shape index (κ1) is 15.7. The van der Waals surface area contributed by atoms with Crippen LogP contribution < -0.4 is 4.90 Å². The Morgan fingerprint density at radius 1 is 1.10 bits per heavy atom. The molecule has 21 heavy (non-hydrogen) atoms. The van der Waals surface area contributed by atoms with Crippen molar-refractivity contribution >= 4 is 16.7 Å². The predicted octanol–water partition coefficient (Wildman–Crippen LogP) is 1.83. The van der Waals surface area contributed by atoms with E-state index < -0.39 is 0 Å². The summed E-state index contributed by atoms with van der Waals surface area (Å²) in [7, 11) is 3.35. The lowest BCUT2D eigenvalue weighted by molar-refractivity contribution is 0.189. The zero-order valence-corrected chi connectivity index (χ0v) is 12.6.